The van der Waals surface area contributed by atoms with Crippen LogP contribution in [0.5, 0.6) is 5.75 Å². The van der Waals surface area contributed by atoms with Gasteiger partial charge < -0.3 is 10.2 Å². The van der Waals surface area contributed by atoms with Gasteiger partial charge in [0.05, 0.1) is 16.9 Å². The van der Waals surface area contributed by atoms with Gasteiger partial charge in [-0.25, -0.2) is 4.79 Å². The fourth-order valence-electron chi connectivity index (χ4n) is 2.22. The lowest BCUT2D eigenvalue weighted by molar-refractivity contribution is 0.0697. The zero-order chi connectivity index (χ0) is 16.7. The maximum Gasteiger partial charge on any atom is 0.335 e. The third-order valence-electron chi connectivity index (χ3n) is 3.50. The molecule has 2 N–H and O–H groups in total. The predicted molar refractivity (Wildman–Crippen MR) is 88.9 cm³/mol. The maximum absolute atomic E-state index is 10.8. The number of aromatic hydroxyl groups is 1. The molecule has 0 aliphatic rings. The van der Waals surface area contributed by atoms with Crippen molar-refractivity contribution in [2.24, 2.45) is 10.2 Å². The lowest BCUT2D eigenvalue weighted by Crippen LogP contribution is -1.93. The van der Waals surface area contributed by atoms with Crippen molar-refractivity contribution in [3.05, 3.63) is 53.6 Å². The van der Waals surface area contributed by atoms with Crippen LogP contribution in [0.2, 0.25) is 0 Å². The number of benzene rings is 2. The first-order chi connectivity index (χ1) is 11.1. The molecule has 0 fully saturated rings. The molecule has 2 aromatic carbocycles. The molecule has 2 aromatic rings. The summed E-state index contributed by atoms with van der Waals surface area (Å²) in [4.78, 5) is 10.8. The van der Waals surface area contributed by atoms with Gasteiger partial charge >= 0.3 is 5.97 Å². The summed E-state index contributed by atoms with van der Waals surface area (Å²) in [5, 5.41) is 26.9. The number of rotatable bonds is 7. The first-order valence-corrected chi connectivity index (χ1v) is 7.67. The Morgan fingerprint density at radius 2 is 1.78 bits per heavy atom. The third-order valence-corrected chi connectivity index (χ3v) is 3.50. The molecule has 0 unspecified atom stereocenters. The minimum atomic E-state index is -0.967. The van der Waals surface area contributed by atoms with Crippen LogP contribution in [-0.4, -0.2) is 16.2 Å². The highest BCUT2D eigenvalue weighted by Gasteiger charge is 2.04. The van der Waals surface area contributed by atoms with E-state index in [1.165, 1.54) is 12.1 Å². The summed E-state index contributed by atoms with van der Waals surface area (Å²) in [6.45, 7) is 2.14. The van der Waals surface area contributed by atoms with Crippen LogP contribution in [0.15, 0.2) is 52.7 Å². The van der Waals surface area contributed by atoms with Crippen molar-refractivity contribution in [3.8, 4) is 5.75 Å². The molecule has 0 bridgehead atoms. The Labute approximate surface area is 135 Å². The van der Waals surface area contributed by atoms with E-state index in [-0.39, 0.29) is 11.3 Å². The summed E-state index contributed by atoms with van der Waals surface area (Å²) in [5.74, 6) is -0.744. The van der Waals surface area contributed by atoms with E-state index in [1.54, 1.807) is 30.3 Å². The number of phenolic OH excluding ortho intramolecular Hbond substituents is 1. The first kappa shape index (κ1) is 16.7. The van der Waals surface area contributed by atoms with E-state index < -0.39 is 5.97 Å². The SMILES string of the molecule is CCCCCc1cc(O)ccc1N=Nc1ccc(C(=O)O)cc1. The molecule has 0 aromatic heterocycles. The first-order valence-electron chi connectivity index (χ1n) is 7.67. The summed E-state index contributed by atoms with van der Waals surface area (Å²) in [6, 6.07) is 11.3. The Kier molecular flexibility index (Phi) is 5.86. The highest BCUT2D eigenvalue weighted by molar-refractivity contribution is 5.87. The van der Waals surface area contributed by atoms with Crippen molar-refractivity contribution >= 4 is 17.3 Å². The lowest BCUT2D eigenvalue weighted by Gasteiger charge is -2.05. The molecule has 5 heteroatoms. The number of azo groups is 1. The highest BCUT2D eigenvalue weighted by atomic mass is 16.4. The van der Waals surface area contributed by atoms with Gasteiger partial charge in [-0.3, -0.25) is 0 Å². The fourth-order valence-corrected chi connectivity index (χ4v) is 2.22. The molecule has 0 heterocycles. The summed E-state index contributed by atoms with van der Waals surface area (Å²) in [5.41, 5.74) is 2.49. The van der Waals surface area contributed by atoms with Crippen molar-refractivity contribution in [3.63, 3.8) is 0 Å². The molecular weight excluding hydrogens is 292 g/mol. The second-order valence-electron chi connectivity index (χ2n) is 5.32. The van der Waals surface area contributed by atoms with Gasteiger partial charge in [0.25, 0.3) is 0 Å². The molecule has 0 radical (unpaired) electrons. The van der Waals surface area contributed by atoms with E-state index in [4.69, 9.17) is 5.11 Å². The van der Waals surface area contributed by atoms with Crippen molar-refractivity contribution in [2.45, 2.75) is 32.6 Å². The number of carboxylic acids is 1. The highest BCUT2D eigenvalue weighted by Crippen LogP contribution is 2.27. The van der Waals surface area contributed by atoms with Gasteiger partial charge in [-0.15, -0.1) is 0 Å². The van der Waals surface area contributed by atoms with E-state index >= 15 is 0 Å². The number of hydrogen-bond acceptors (Lipinski definition) is 4. The van der Waals surface area contributed by atoms with Crippen LogP contribution in [0.3, 0.4) is 0 Å². The van der Waals surface area contributed by atoms with E-state index in [0.717, 1.165) is 36.9 Å². The Bertz CT molecular complexity index is 694. The van der Waals surface area contributed by atoms with Crippen LogP contribution >= 0.6 is 0 Å². The second kappa shape index (κ2) is 8.08. The number of phenols is 1. The molecule has 2 rings (SSSR count). The minimum absolute atomic E-state index is 0.217. The zero-order valence-electron chi connectivity index (χ0n) is 13.1. The van der Waals surface area contributed by atoms with Crippen LogP contribution in [0.4, 0.5) is 11.4 Å². The standard InChI is InChI=1S/C18H20N2O3/c1-2-3-4-5-14-12-16(21)10-11-17(14)20-19-15-8-6-13(7-9-15)18(22)23/h6-12,21H,2-5H2,1H3,(H,22,23). The van der Waals surface area contributed by atoms with Crippen molar-refractivity contribution in [1.82, 2.24) is 0 Å². The van der Waals surface area contributed by atoms with Crippen LogP contribution in [-0.2, 0) is 6.42 Å². The van der Waals surface area contributed by atoms with Gasteiger partial charge in [0.1, 0.15) is 5.75 Å². The molecule has 120 valence electrons. The molecule has 23 heavy (non-hydrogen) atoms. The van der Waals surface area contributed by atoms with E-state index in [2.05, 4.69) is 17.2 Å². The topological polar surface area (TPSA) is 82.2 Å². The molecule has 0 atom stereocenters. The van der Waals surface area contributed by atoms with E-state index in [9.17, 15) is 9.90 Å². The van der Waals surface area contributed by atoms with Crippen LogP contribution < -0.4 is 0 Å². The quantitative estimate of drug-likeness (QED) is 0.542. The van der Waals surface area contributed by atoms with Crippen LogP contribution in [0.1, 0.15) is 42.1 Å². The minimum Gasteiger partial charge on any atom is -0.508 e. The van der Waals surface area contributed by atoms with Gasteiger partial charge in [0, 0.05) is 0 Å². The average molecular weight is 312 g/mol. The van der Waals surface area contributed by atoms with Crippen molar-refractivity contribution in [2.75, 3.05) is 0 Å². The number of aryl methyl sites for hydroxylation is 1. The molecule has 0 saturated heterocycles. The molecule has 0 amide bonds. The normalized spacial score (nSPS) is 11.0. The molecule has 5 nitrogen and oxygen atoms in total. The van der Waals surface area contributed by atoms with E-state index in [0.29, 0.717) is 5.69 Å². The lowest BCUT2D eigenvalue weighted by atomic mass is 10.1. The summed E-state index contributed by atoms with van der Waals surface area (Å²) in [7, 11) is 0. The Balaban J connectivity index is 2.16. The summed E-state index contributed by atoms with van der Waals surface area (Å²) < 4.78 is 0. The molecular formula is C18H20N2O3. The Morgan fingerprint density at radius 1 is 1.04 bits per heavy atom. The largest absolute Gasteiger partial charge is 0.508 e. The van der Waals surface area contributed by atoms with Crippen molar-refractivity contribution in [1.29, 1.82) is 0 Å². The fraction of sp³-hybridized carbons (Fsp3) is 0.278. The Morgan fingerprint density at radius 3 is 2.43 bits per heavy atom. The Hall–Kier alpha value is -2.69. The smallest absolute Gasteiger partial charge is 0.335 e. The van der Waals surface area contributed by atoms with Crippen LogP contribution in [0, 0.1) is 0 Å². The molecule has 0 aliphatic carbocycles. The summed E-state index contributed by atoms with van der Waals surface area (Å²) in [6.07, 6.45) is 4.14. The number of carbonyl (C=O) groups is 1. The number of nitrogens with zero attached hydrogens (tertiary/aromatic N) is 2. The van der Waals surface area contributed by atoms with Gasteiger partial charge in [-0.05, 0) is 60.9 Å². The number of carboxylic acid groups (broad SMARTS) is 1. The molecule has 0 aliphatic heterocycles. The van der Waals surface area contributed by atoms with Crippen molar-refractivity contribution < 1.29 is 15.0 Å². The number of aromatic carboxylic acids is 1. The van der Waals surface area contributed by atoms with Gasteiger partial charge in [-0.2, -0.15) is 10.2 Å². The number of unbranched alkanes of at least 4 members (excludes halogenated alkanes) is 2. The molecule has 0 saturated carbocycles. The third kappa shape index (κ3) is 4.92. The van der Waals surface area contributed by atoms with E-state index in [1.807, 2.05) is 0 Å². The average Bonchev–Trinajstić information content (AvgIpc) is 2.54. The van der Waals surface area contributed by atoms with Crippen LogP contribution in [0.25, 0.3) is 0 Å². The van der Waals surface area contributed by atoms with Gasteiger partial charge in [-0.1, -0.05) is 19.8 Å². The second-order valence-corrected chi connectivity index (χ2v) is 5.32. The maximum atomic E-state index is 10.8. The predicted octanol–water partition coefficient (Wildman–Crippen LogP) is 5.24. The summed E-state index contributed by atoms with van der Waals surface area (Å²) >= 11 is 0. The molecule has 0 spiro atoms. The zero-order valence-corrected chi connectivity index (χ0v) is 13.1. The van der Waals surface area contributed by atoms with Gasteiger partial charge in [0.2, 0.25) is 0 Å². The number of hydrogen-bond donors (Lipinski definition) is 2. The monoisotopic (exact) mass is 312 g/mol. The van der Waals surface area contributed by atoms with Gasteiger partial charge in [0.15, 0.2) is 0 Å².